The Hall–Kier alpha value is -1.44. The molecule has 0 fully saturated rings. The van der Waals surface area contributed by atoms with E-state index in [1.807, 2.05) is 0 Å². The Bertz CT molecular complexity index is 521. The van der Waals surface area contributed by atoms with Crippen molar-refractivity contribution in [2.24, 2.45) is 0 Å². The number of nitro groups is 1. The highest BCUT2D eigenvalue weighted by Crippen LogP contribution is 2.14. The van der Waals surface area contributed by atoms with Crippen molar-refractivity contribution in [2.45, 2.75) is 33.2 Å². The van der Waals surface area contributed by atoms with Gasteiger partial charge >= 0.3 is 5.82 Å². The molecule has 1 aromatic rings. The van der Waals surface area contributed by atoms with Crippen LogP contribution in [-0.4, -0.2) is 34.4 Å². The number of nitrogens with zero attached hydrogens (tertiary/aromatic N) is 3. The van der Waals surface area contributed by atoms with Crippen LogP contribution in [0.15, 0.2) is 6.20 Å². The average molecular weight is 275 g/mol. The maximum Gasteiger partial charge on any atom is 0.342 e. The lowest BCUT2D eigenvalue weighted by Gasteiger charge is -2.03. The molecule has 7 nitrogen and oxygen atoms in total. The van der Waals surface area contributed by atoms with Gasteiger partial charge in [0.1, 0.15) is 16.0 Å². The molecule has 0 aromatic carbocycles. The van der Waals surface area contributed by atoms with Crippen molar-refractivity contribution in [3.05, 3.63) is 22.1 Å². The minimum atomic E-state index is -2.96. The van der Waals surface area contributed by atoms with Crippen LogP contribution in [0.2, 0.25) is 0 Å². The third-order valence-corrected chi connectivity index (χ3v) is 4.54. The molecule has 18 heavy (non-hydrogen) atoms. The molecule has 0 aliphatic carbocycles. The molecule has 0 spiro atoms. The number of rotatable bonds is 7. The lowest BCUT2D eigenvalue weighted by Crippen LogP contribution is -2.10. The molecular formula is C10H17N3O4S. The molecular weight excluding hydrogens is 258 g/mol. The fourth-order valence-electron chi connectivity index (χ4n) is 1.61. The first-order chi connectivity index (χ1) is 8.37. The standard InChI is InChI=1S/C10H17N3O4S/c1-3-18(16,17)7-5-4-6-12-9(2)11-8-10(12)13(14)15/h8H,3-7H2,1-2H3. The van der Waals surface area contributed by atoms with Crippen LogP contribution in [0, 0.1) is 17.0 Å². The van der Waals surface area contributed by atoms with Crippen LogP contribution in [0.4, 0.5) is 5.82 Å². The van der Waals surface area contributed by atoms with Gasteiger partial charge in [0.25, 0.3) is 0 Å². The lowest BCUT2D eigenvalue weighted by molar-refractivity contribution is -0.392. The van der Waals surface area contributed by atoms with Crippen LogP contribution >= 0.6 is 0 Å². The zero-order valence-corrected chi connectivity index (χ0v) is 11.3. The Balaban J connectivity index is 2.54. The summed E-state index contributed by atoms with van der Waals surface area (Å²) in [6.45, 7) is 3.72. The summed E-state index contributed by atoms with van der Waals surface area (Å²) in [4.78, 5) is 14.1. The van der Waals surface area contributed by atoms with Crippen molar-refractivity contribution in [3.63, 3.8) is 0 Å². The van der Waals surface area contributed by atoms with Gasteiger partial charge in [0.15, 0.2) is 5.82 Å². The monoisotopic (exact) mass is 275 g/mol. The second-order valence-corrected chi connectivity index (χ2v) is 6.49. The van der Waals surface area contributed by atoms with Gasteiger partial charge in [-0.05, 0) is 17.8 Å². The van der Waals surface area contributed by atoms with Crippen molar-refractivity contribution in [1.29, 1.82) is 0 Å². The van der Waals surface area contributed by atoms with Crippen molar-refractivity contribution in [2.75, 3.05) is 11.5 Å². The Kier molecular flexibility index (Phi) is 4.83. The molecule has 1 heterocycles. The fraction of sp³-hybridized carbons (Fsp3) is 0.700. The summed E-state index contributed by atoms with van der Waals surface area (Å²) < 4.78 is 24.0. The van der Waals surface area contributed by atoms with E-state index in [9.17, 15) is 18.5 Å². The van der Waals surface area contributed by atoms with Crippen molar-refractivity contribution in [1.82, 2.24) is 9.55 Å². The van der Waals surface area contributed by atoms with Gasteiger partial charge in [0, 0.05) is 12.7 Å². The van der Waals surface area contributed by atoms with E-state index in [1.54, 1.807) is 13.8 Å². The molecule has 0 radical (unpaired) electrons. The molecule has 102 valence electrons. The molecule has 8 heteroatoms. The second kappa shape index (κ2) is 5.94. The van der Waals surface area contributed by atoms with E-state index in [2.05, 4.69) is 4.98 Å². The Morgan fingerprint density at radius 1 is 1.44 bits per heavy atom. The SMILES string of the molecule is CCS(=O)(=O)CCCCn1c([N+](=O)[O-])cnc1C. The van der Waals surface area contributed by atoms with Crippen molar-refractivity contribution >= 4 is 15.7 Å². The summed E-state index contributed by atoms with van der Waals surface area (Å²) in [7, 11) is -2.96. The smallest absolute Gasteiger partial charge is 0.342 e. The second-order valence-electron chi connectivity index (χ2n) is 4.02. The minimum absolute atomic E-state index is 0.0501. The maximum absolute atomic E-state index is 11.3. The van der Waals surface area contributed by atoms with Crippen LogP contribution in [0.1, 0.15) is 25.6 Å². The molecule has 1 rings (SSSR count). The van der Waals surface area contributed by atoms with Crippen LogP contribution in [-0.2, 0) is 16.4 Å². The van der Waals surface area contributed by atoms with Crippen LogP contribution in [0.3, 0.4) is 0 Å². The molecule has 0 aliphatic heterocycles. The first-order valence-corrected chi connectivity index (χ1v) is 7.56. The summed E-state index contributed by atoms with van der Waals surface area (Å²) in [5.41, 5.74) is 0. The summed E-state index contributed by atoms with van der Waals surface area (Å²) >= 11 is 0. The quantitative estimate of drug-likeness (QED) is 0.425. The highest BCUT2D eigenvalue weighted by molar-refractivity contribution is 7.91. The summed E-state index contributed by atoms with van der Waals surface area (Å²) in [5, 5.41) is 10.7. The van der Waals surface area contributed by atoms with Crippen LogP contribution in [0.5, 0.6) is 0 Å². The van der Waals surface area contributed by atoms with Gasteiger partial charge in [-0.1, -0.05) is 6.92 Å². The van der Waals surface area contributed by atoms with Crippen molar-refractivity contribution < 1.29 is 13.3 Å². The number of imidazole rings is 1. The van der Waals surface area contributed by atoms with E-state index in [-0.39, 0.29) is 17.3 Å². The summed E-state index contributed by atoms with van der Waals surface area (Å²) in [6, 6.07) is 0. The number of unbranched alkanes of at least 4 members (excludes halogenated alkanes) is 1. The zero-order valence-electron chi connectivity index (χ0n) is 10.5. The number of hydrogen-bond acceptors (Lipinski definition) is 5. The van der Waals surface area contributed by atoms with Gasteiger partial charge in [-0.3, -0.25) is 0 Å². The molecule has 0 atom stereocenters. The molecule has 0 amide bonds. The zero-order chi connectivity index (χ0) is 13.8. The first kappa shape index (κ1) is 14.6. The normalized spacial score (nSPS) is 11.7. The molecule has 0 saturated heterocycles. The molecule has 0 N–H and O–H groups in total. The van der Waals surface area contributed by atoms with E-state index in [0.29, 0.717) is 25.2 Å². The predicted octanol–water partition coefficient (Wildman–Crippen LogP) is 1.31. The van der Waals surface area contributed by atoms with Gasteiger partial charge < -0.3 is 10.1 Å². The summed E-state index contributed by atoms with van der Waals surface area (Å²) in [5.74, 6) is 0.786. The number of hydrogen-bond donors (Lipinski definition) is 0. The highest BCUT2D eigenvalue weighted by atomic mass is 32.2. The number of sulfone groups is 1. The van der Waals surface area contributed by atoms with Crippen molar-refractivity contribution in [3.8, 4) is 0 Å². The van der Waals surface area contributed by atoms with Crippen LogP contribution < -0.4 is 0 Å². The molecule has 1 aromatic heterocycles. The van der Waals surface area contributed by atoms with Crippen LogP contribution in [0.25, 0.3) is 0 Å². The third-order valence-electron chi connectivity index (χ3n) is 2.75. The lowest BCUT2D eigenvalue weighted by atomic mass is 10.3. The van der Waals surface area contributed by atoms with E-state index in [1.165, 1.54) is 10.8 Å². The van der Waals surface area contributed by atoms with Gasteiger partial charge in [-0.2, -0.15) is 0 Å². The molecule has 0 saturated carbocycles. The van der Waals surface area contributed by atoms with Gasteiger partial charge in [-0.15, -0.1) is 0 Å². The summed E-state index contributed by atoms with van der Waals surface area (Å²) in [6.07, 6.45) is 2.31. The largest absolute Gasteiger partial charge is 0.358 e. The topological polar surface area (TPSA) is 95.1 Å². The molecule has 0 unspecified atom stereocenters. The minimum Gasteiger partial charge on any atom is -0.358 e. The number of aryl methyl sites for hydroxylation is 1. The maximum atomic E-state index is 11.3. The van der Waals surface area contributed by atoms with E-state index >= 15 is 0 Å². The third kappa shape index (κ3) is 3.80. The van der Waals surface area contributed by atoms with Gasteiger partial charge in [0.05, 0.1) is 12.3 Å². The Morgan fingerprint density at radius 3 is 2.67 bits per heavy atom. The van der Waals surface area contributed by atoms with E-state index < -0.39 is 14.8 Å². The average Bonchev–Trinajstić information content (AvgIpc) is 2.66. The highest BCUT2D eigenvalue weighted by Gasteiger charge is 2.17. The fourth-order valence-corrected chi connectivity index (χ4v) is 2.55. The Labute approximate surface area is 106 Å². The van der Waals surface area contributed by atoms with E-state index in [0.717, 1.165) is 0 Å². The van der Waals surface area contributed by atoms with Gasteiger partial charge in [0.2, 0.25) is 0 Å². The van der Waals surface area contributed by atoms with E-state index in [4.69, 9.17) is 0 Å². The Morgan fingerprint density at radius 2 is 2.11 bits per heavy atom. The molecule has 0 bridgehead atoms. The number of aromatic nitrogens is 2. The predicted molar refractivity (Wildman–Crippen MR) is 67.2 cm³/mol. The first-order valence-electron chi connectivity index (χ1n) is 5.74. The molecule has 0 aliphatic rings. The van der Waals surface area contributed by atoms with Gasteiger partial charge in [-0.25, -0.2) is 18.0 Å².